The van der Waals surface area contributed by atoms with Crippen molar-refractivity contribution in [3.05, 3.63) is 29.3 Å². The molecule has 0 aliphatic rings. The molecule has 102 valence electrons. The molecule has 0 spiro atoms. The molecule has 0 amide bonds. The van der Waals surface area contributed by atoms with Gasteiger partial charge in [0.2, 0.25) is 0 Å². The number of alkyl halides is 3. The fraction of sp³-hybridized carbons (Fsp3) is 0.538. The van der Waals surface area contributed by atoms with Crippen molar-refractivity contribution in [2.24, 2.45) is 11.7 Å². The molecule has 1 rings (SSSR count). The van der Waals surface area contributed by atoms with Crippen LogP contribution in [0.5, 0.6) is 0 Å². The van der Waals surface area contributed by atoms with E-state index < -0.39 is 11.7 Å². The van der Waals surface area contributed by atoms with Crippen molar-refractivity contribution < 1.29 is 13.2 Å². The highest BCUT2D eigenvalue weighted by molar-refractivity contribution is 7.99. The first-order valence-corrected chi connectivity index (χ1v) is 6.86. The van der Waals surface area contributed by atoms with Gasteiger partial charge in [-0.05, 0) is 35.8 Å². The van der Waals surface area contributed by atoms with Crippen LogP contribution in [0.4, 0.5) is 13.2 Å². The van der Waals surface area contributed by atoms with E-state index in [4.69, 9.17) is 5.73 Å². The number of halogens is 3. The molecule has 5 heteroatoms. The van der Waals surface area contributed by atoms with Crippen LogP contribution in [0, 0.1) is 5.92 Å². The average molecular weight is 277 g/mol. The number of thioether (sulfide) groups is 1. The molecule has 0 radical (unpaired) electrons. The van der Waals surface area contributed by atoms with Crippen LogP contribution in [0.2, 0.25) is 0 Å². The molecule has 0 saturated heterocycles. The van der Waals surface area contributed by atoms with Crippen LogP contribution >= 0.6 is 11.8 Å². The third kappa shape index (κ3) is 4.53. The van der Waals surface area contributed by atoms with E-state index in [2.05, 4.69) is 13.8 Å². The van der Waals surface area contributed by atoms with Crippen LogP contribution in [0.3, 0.4) is 0 Å². The lowest BCUT2D eigenvalue weighted by atomic mass is 10.1. The van der Waals surface area contributed by atoms with Gasteiger partial charge >= 0.3 is 6.18 Å². The van der Waals surface area contributed by atoms with Crippen molar-refractivity contribution in [1.29, 1.82) is 0 Å². The van der Waals surface area contributed by atoms with E-state index in [1.807, 2.05) is 0 Å². The summed E-state index contributed by atoms with van der Waals surface area (Å²) < 4.78 is 38.7. The molecule has 18 heavy (non-hydrogen) atoms. The second-order valence-corrected chi connectivity index (χ2v) is 5.70. The molecule has 1 aromatic rings. The van der Waals surface area contributed by atoms with Crippen LogP contribution in [0.25, 0.3) is 0 Å². The molecule has 1 nitrogen and oxygen atoms in total. The van der Waals surface area contributed by atoms with E-state index in [1.54, 1.807) is 6.07 Å². The second-order valence-electron chi connectivity index (χ2n) is 4.56. The lowest BCUT2D eigenvalue weighted by Crippen LogP contribution is -2.09. The number of nitrogens with two attached hydrogens (primary N) is 1. The third-order valence-corrected chi connectivity index (χ3v) is 3.64. The predicted molar refractivity (Wildman–Crippen MR) is 69.5 cm³/mol. The van der Waals surface area contributed by atoms with Crippen molar-refractivity contribution in [2.45, 2.75) is 37.9 Å². The Labute approximate surface area is 110 Å². The minimum Gasteiger partial charge on any atom is -0.326 e. The second kappa shape index (κ2) is 6.48. The summed E-state index contributed by atoms with van der Waals surface area (Å²) in [5, 5.41) is 0. The first-order chi connectivity index (χ1) is 8.34. The Morgan fingerprint density at radius 2 is 1.94 bits per heavy atom. The summed E-state index contributed by atoms with van der Waals surface area (Å²) in [5.41, 5.74) is 5.32. The zero-order valence-electron chi connectivity index (χ0n) is 10.6. The van der Waals surface area contributed by atoms with Crippen LogP contribution in [0.15, 0.2) is 23.1 Å². The average Bonchev–Trinajstić information content (AvgIpc) is 2.27. The lowest BCUT2D eigenvalue weighted by Gasteiger charge is -2.14. The monoisotopic (exact) mass is 277 g/mol. The van der Waals surface area contributed by atoms with Gasteiger partial charge in [-0.25, -0.2) is 0 Å². The maximum Gasteiger partial charge on any atom is 0.417 e. The van der Waals surface area contributed by atoms with Gasteiger partial charge in [0.05, 0.1) is 5.56 Å². The highest BCUT2D eigenvalue weighted by Gasteiger charge is 2.33. The SMILES string of the molecule is CC(C)CCSc1ccc(CN)cc1C(F)(F)F. The van der Waals surface area contributed by atoms with Crippen molar-refractivity contribution >= 4 is 11.8 Å². The smallest absolute Gasteiger partial charge is 0.326 e. The molecule has 0 atom stereocenters. The number of hydrogen-bond acceptors (Lipinski definition) is 2. The highest BCUT2D eigenvalue weighted by atomic mass is 32.2. The molecule has 0 fully saturated rings. The van der Waals surface area contributed by atoms with Crippen molar-refractivity contribution in [1.82, 2.24) is 0 Å². The predicted octanol–water partition coefficient (Wildman–Crippen LogP) is 4.30. The Bertz CT molecular complexity index is 388. The zero-order chi connectivity index (χ0) is 13.8. The van der Waals surface area contributed by atoms with Gasteiger partial charge < -0.3 is 5.73 Å². The largest absolute Gasteiger partial charge is 0.417 e. The fourth-order valence-electron chi connectivity index (χ4n) is 1.46. The molecule has 0 unspecified atom stereocenters. The Balaban J connectivity index is 2.89. The van der Waals surface area contributed by atoms with Gasteiger partial charge in [-0.1, -0.05) is 19.9 Å². The minimum absolute atomic E-state index is 0.125. The molecule has 1 aromatic carbocycles. The van der Waals surface area contributed by atoms with Gasteiger partial charge in [0.15, 0.2) is 0 Å². The molecule has 0 aliphatic heterocycles. The van der Waals surface area contributed by atoms with E-state index in [9.17, 15) is 13.2 Å². The summed E-state index contributed by atoms with van der Waals surface area (Å²) in [4.78, 5) is 0.292. The number of rotatable bonds is 5. The van der Waals surface area contributed by atoms with Crippen molar-refractivity contribution in [2.75, 3.05) is 5.75 Å². The van der Waals surface area contributed by atoms with Gasteiger partial charge in [0.1, 0.15) is 0 Å². The van der Waals surface area contributed by atoms with Gasteiger partial charge in [-0.2, -0.15) is 13.2 Å². The molecule has 2 N–H and O–H groups in total. The van der Waals surface area contributed by atoms with Gasteiger partial charge in [-0.15, -0.1) is 11.8 Å². The Morgan fingerprint density at radius 3 is 2.44 bits per heavy atom. The molecule has 0 aliphatic carbocycles. The normalized spacial score (nSPS) is 12.2. The molecule has 0 heterocycles. The molecular weight excluding hydrogens is 259 g/mol. The van der Waals surface area contributed by atoms with E-state index in [1.165, 1.54) is 17.8 Å². The maximum atomic E-state index is 12.9. The number of hydrogen-bond donors (Lipinski definition) is 1. The summed E-state index contributed by atoms with van der Waals surface area (Å²) in [6, 6.07) is 4.33. The topological polar surface area (TPSA) is 26.0 Å². The summed E-state index contributed by atoms with van der Waals surface area (Å²) in [6.07, 6.45) is -3.41. The molecule has 0 saturated carbocycles. The van der Waals surface area contributed by atoms with Crippen molar-refractivity contribution in [3.63, 3.8) is 0 Å². The zero-order valence-corrected chi connectivity index (χ0v) is 11.4. The highest BCUT2D eigenvalue weighted by Crippen LogP contribution is 2.37. The van der Waals surface area contributed by atoms with Gasteiger partial charge in [0.25, 0.3) is 0 Å². The van der Waals surface area contributed by atoms with Gasteiger partial charge in [0, 0.05) is 11.4 Å². The van der Waals surface area contributed by atoms with Crippen LogP contribution < -0.4 is 5.73 Å². The van der Waals surface area contributed by atoms with E-state index in [-0.39, 0.29) is 6.54 Å². The number of benzene rings is 1. The minimum atomic E-state index is -4.31. The lowest BCUT2D eigenvalue weighted by molar-refractivity contribution is -0.139. The van der Waals surface area contributed by atoms with E-state index in [0.29, 0.717) is 22.1 Å². The third-order valence-electron chi connectivity index (χ3n) is 2.54. The fourth-order valence-corrected chi connectivity index (χ4v) is 2.76. The summed E-state index contributed by atoms with van der Waals surface area (Å²) >= 11 is 1.26. The quantitative estimate of drug-likeness (QED) is 0.812. The summed E-state index contributed by atoms with van der Waals surface area (Å²) in [7, 11) is 0. The molecule has 0 bridgehead atoms. The van der Waals surface area contributed by atoms with Gasteiger partial charge in [-0.3, -0.25) is 0 Å². The van der Waals surface area contributed by atoms with Crippen LogP contribution in [0.1, 0.15) is 31.4 Å². The Kier molecular flexibility index (Phi) is 5.53. The first kappa shape index (κ1) is 15.4. The molecule has 0 aromatic heterocycles. The standard InChI is InChI=1S/C13H18F3NS/c1-9(2)5-6-18-12-4-3-10(8-17)7-11(12)13(14,15)16/h3-4,7,9H,5-6,8,17H2,1-2H3. The van der Waals surface area contributed by atoms with E-state index in [0.717, 1.165) is 12.5 Å². The van der Waals surface area contributed by atoms with Crippen LogP contribution in [-0.4, -0.2) is 5.75 Å². The molecular formula is C13H18F3NS. The van der Waals surface area contributed by atoms with Crippen molar-refractivity contribution in [3.8, 4) is 0 Å². The summed E-state index contributed by atoms with van der Waals surface area (Å²) in [5.74, 6) is 1.19. The van der Waals surface area contributed by atoms with Crippen LogP contribution in [-0.2, 0) is 12.7 Å². The Morgan fingerprint density at radius 1 is 1.28 bits per heavy atom. The first-order valence-electron chi connectivity index (χ1n) is 5.87. The maximum absolute atomic E-state index is 12.9. The Hall–Kier alpha value is -0.680. The summed E-state index contributed by atoms with van der Waals surface area (Å²) in [6.45, 7) is 4.24. The van der Waals surface area contributed by atoms with E-state index >= 15 is 0 Å².